The van der Waals surface area contributed by atoms with Gasteiger partial charge in [0, 0.05) is 35.5 Å². The minimum atomic E-state index is -0.684. The number of esters is 1. The van der Waals surface area contributed by atoms with Crippen molar-refractivity contribution in [1.82, 2.24) is 9.99 Å². The maximum Gasteiger partial charge on any atom is 0.354 e. The Morgan fingerprint density at radius 3 is 2.45 bits per heavy atom. The monoisotopic (exact) mass is 395 g/mol. The number of hydrogen-bond donors (Lipinski definition) is 1. The summed E-state index contributed by atoms with van der Waals surface area (Å²) in [7, 11) is 0. The van der Waals surface area contributed by atoms with Crippen molar-refractivity contribution in [2.24, 2.45) is 5.10 Å². The summed E-state index contributed by atoms with van der Waals surface area (Å²) in [5, 5.41) is 3.68. The summed E-state index contributed by atoms with van der Waals surface area (Å²) in [4.78, 5) is 35.8. The number of nitrogens with one attached hydrogen (secondary N) is 1. The molecule has 0 saturated carbocycles. The molecule has 0 radical (unpaired) electrons. The molecule has 1 amide bonds. The van der Waals surface area contributed by atoms with E-state index in [1.165, 1.54) is 5.56 Å². The van der Waals surface area contributed by atoms with Gasteiger partial charge in [-0.05, 0) is 43.5 Å². The van der Waals surface area contributed by atoms with Crippen LogP contribution in [0.15, 0.2) is 35.4 Å². The lowest BCUT2D eigenvalue weighted by atomic mass is 10.0. The molecule has 0 atom stereocenters. The SMILES string of the molecule is Cc1cc(C(=O)COC(=O)C2=NNC(=O)CC2)c(C)n1-c1ccc(C(C)C)cc1. The Balaban J connectivity index is 1.73. The molecule has 0 unspecified atom stereocenters. The third-order valence-corrected chi connectivity index (χ3v) is 5.02. The Bertz CT molecular complexity index is 984. The molecule has 1 aromatic carbocycles. The lowest BCUT2D eigenvalue weighted by molar-refractivity contribution is -0.134. The predicted molar refractivity (Wildman–Crippen MR) is 109 cm³/mol. The summed E-state index contributed by atoms with van der Waals surface area (Å²) in [6, 6.07) is 10.1. The van der Waals surface area contributed by atoms with Crippen LogP contribution in [0.3, 0.4) is 0 Å². The molecule has 0 aliphatic carbocycles. The number of ketones is 1. The number of aromatic nitrogens is 1. The molecule has 1 aliphatic heterocycles. The lowest BCUT2D eigenvalue weighted by Crippen LogP contribution is -2.31. The molecule has 2 heterocycles. The van der Waals surface area contributed by atoms with Gasteiger partial charge in [-0.15, -0.1) is 0 Å². The van der Waals surface area contributed by atoms with E-state index in [1.54, 1.807) is 6.07 Å². The van der Waals surface area contributed by atoms with Gasteiger partial charge >= 0.3 is 5.97 Å². The number of ether oxygens (including phenoxy) is 1. The van der Waals surface area contributed by atoms with Crippen LogP contribution < -0.4 is 5.43 Å². The van der Waals surface area contributed by atoms with Crippen LogP contribution in [-0.4, -0.2) is 34.5 Å². The van der Waals surface area contributed by atoms with Crippen molar-refractivity contribution >= 4 is 23.4 Å². The Kier molecular flexibility index (Phi) is 5.96. The van der Waals surface area contributed by atoms with Gasteiger partial charge in [0.05, 0.1) is 0 Å². The summed E-state index contributed by atoms with van der Waals surface area (Å²) in [5.41, 5.74) is 6.83. The number of benzene rings is 1. The second-order valence-corrected chi connectivity index (χ2v) is 7.46. The number of nitrogens with zero attached hydrogens (tertiary/aromatic N) is 2. The number of hydrazone groups is 1. The lowest BCUT2D eigenvalue weighted by Gasteiger charge is -2.12. The van der Waals surface area contributed by atoms with Gasteiger partial charge in [0.2, 0.25) is 11.7 Å². The van der Waals surface area contributed by atoms with E-state index in [9.17, 15) is 14.4 Å². The zero-order valence-corrected chi connectivity index (χ0v) is 17.1. The molecule has 152 valence electrons. The van der Waals surface area contributed by atoms with Gasteiger partial charge < -0.3 is 9.30 Å². The van der Waals surface area contributed by atoms with Crippen LogP contribution in [0.2, 0.25) is 0 Å². The normalized spacial score (nSPS) is 13.8. The molecule has 1 aliphatic rings. The fourth-order valence-electron chi connectivity index (χ4n) is 3.36. The number of aryl methyl sites for hydroxylation is 1. The van der Waals surface area contributed by atoms with Crippen molar-refractivity contribution in [3.63, 3.8) is 0 Å². The van der Waals surface area contributed by atoms with E-state index in [0.29, 0.717) is 11.5 Å². The Morgan fingerprint density at radius 2 is 1.86 bits per heavy atom. The van der Waals surface area contributed by atoms with Crippen LogP contribution in [0, 0.1) is 13.8 Å². The molecule has 0 bridgehead atoms. The zero-order valence-electron chi connectivity index (χ0n) is 17.1. The highest BCUT2D eigenvalue weighted by Crippen LogP contribution is 2.23. The number of carbonyl (C=O) groups excluding carboxylic acids is 3. The highest BCUT2D eigenvalue weighted by Gasteiger charge is 2.22. The van der Waals surface area contributed by atoms with Gasteiger partial charge in [0.15, 0.2) is 6.61 Å². The molecule has 7 heteroatoms. The average Bonchev–Trinajstić information content (AvgIpc) is 3.00. The standard InChI is InChI=1S/C22H25N3O4/c1-13(2)16-5-7-17(8-6-16)25-14(3)11-18(15(25)4)20(26)12-29-22(28)19-9-10-21(27)24-23-19/h5-8,11,13H,9-10,12H2,1-4H3,(H,24,27). The molecular weight excluding hydrogens is 370 g/mol. The van der Waals surface area contributed by atoms with Crippen LogP contribution >= 0.6 is 0 Å². The van der Waals surface area contributed by atoms with E-state index in [-0.39, 0.29) is 36.9 Å². The fraction of sp³-hybridized carbons (Fsp3) is 0.364. The van der Waals surface area contributed by atoms with Crippen LogP contribution in [0.1, 0.15) is 59.9 Å². The first-order valence-corrected chi connectivity index (χ1v) is 9.63. The van der Waals surface area contributed by atoms with E-state index in [4.69, 9.17) is 4.74 Å². The van der Waals surface area contributed by atoms with Gasteiger partial charge in [0.25, 0.3) is 0 Å². The highest BCUT2D eigenvalue weighted by atomic mass is 16.5. The van der Waals surface area contributed by atoms with E-state index < -0.39 is 5.97 Å². The van der Waals surface area contributed by atoms with E-state index in [0.717, 1.165) is 17.1 Å². The molecule has 7 nitrogen and oxygen atoms in total. The molecular formula is C22H25N3O4. The topological polar surface area (TPSA) is 89.8 Å². The fourth-order valence-corrected chi connectivity index (χ4v) is 3.36. The van der Waals surface area contributed by atoms with Crippen molar-refractivity contribution in [2.75, 3.05) is 6.61 Å². The number of rotatable bonds is 6. The first-order valence-electron chi connectivity index (χ1n) is 9.63. The van der Waals surface area contributed by atoms with Crippen LogP contribution in [0.25, 0.3) is 5.69 Å². The Hall–Kier alpha value is -3.22. The summed E-state index contributed by atoms with van der Waals surface area (Å²) >= 11 is 0. The Labute approximate surface area is 169 Å². The maximum absolute atomic E-state index is 12.6. The molecule has 29 heavy (non-hydrogen) atoms. The van der Waals surface area contributed by atoms with Crippen LogP contribution in [0.4, 0.5) is 0 Å². The molecule has 0 saturated heterocycles. The predicted octanol–water partition coefficient (Wildman–Crippen LogP) is 3.21. The van der Waals surface area contributed by atoms with Crippen LogP contribution in [0.5, 0.6) is 0 Å². The number of hydrogen-bond acceptors (Lipinski definition) is 5. The summed E-state index contributed by atoms with van der Waals surface area (Å²) in [6.07, 6.45) is 0.387. The van der Waals surface area contributed by atoms with Crippen molar-refractivity contribution in [2.45, 2.75) is 46.5 Å². The zero-order chi connectivity index (χ0) is 21.1. The first kappa shape index (κ1) is 20.5. The van der Waals surface area contributed by atoms with Gasteiger partial charge in [-0.25, -0.2) is 10.2 Å². The van der Waals surface area contributed by atoms with Gasteiger partial charge in [0.1, 0.15) is 5.71 Å². The summed E-state index contributed by atoms with van der Waals surface area (Å²) < 4.78 is 7.12. The maximum atomic E-state index is 12.6. The summed E-state index contributed by atoms with van der Waals surface area (Å²) in [6.45, 7) is 7.73. The van der Waals surface area contributed by atoms with Crippen molar-refractivity contribution in [3.8, 4) is 5.69 Å². The number of carbonyl (C=O) groups is 3. The largest absolute Gasteiger partial charge is 0.453 e. The first-order chi connectivity index (χ1) is 13.8. The Morgan fingerprint density at radius 1 is 1.17 bits per heavy atom. The van der Waals surface area contributed by atoms with Crippen molar-refractivity contribution < 1.29 is 19.1 Å². The molecule has 0 fully saturated rings. The third-order valence-electron chi connectivity index (χ3n) is 5.02. The van der Waals surface area contributed by atoms with E-state index >= 15 is 0 Å². The quantitative estimate of drug-likeness (QED) is 0.601. The smallest absolute Gasteiger partial charge is 0.354 e. The molecule has 2 aromatic rings. The third kappa shape index (κ3) is 4.45. The molecule has 1 N–H and O–H groups in total. The highest BCUT2D eigenvalue weighted by molar-refractivity contribution is 6.37. The van der Waals surface area contributed by atoms with Crippen molar-refractivity contribution in [3.05, 3.63) is 52.8 Å². The molecule has 3 rings (SSSR count). The minimum Gasteiger partial charge on any atom is -0.453 e. The average molecular weight is 395 g/mol. The van der Waals surface area contributed by atoms with E-state index in [2.05, 4.69) is 36.5 Å². The van der Waals surface area contributed by atoms with Crippen molar-refractivity contribution in [1.29, 1.82) is 0 Å². The molecule has 1 aromatic heterocycles. The van der Waals surface area contributed by atoms with Crippen LogP contribution in [-0.2, 0) is 14.3 Å². The molecule has 0 spiro atoms. The van der Waals surface area contributed by atoms with Gasteiger partial charge in [-0.2, -0.15) is 5.10 Å². The van der Waals surface area contributed by atoms with Gasteiger partial charge in [-0.1, -0.05) is 26.0 Å². The van der Waals surface area contributed by atoms with E-state index in [1.807, 2.05) is 30.5 Å². The summed E-state index contributed by atoms with van der Waals surface area (Å²) in [5.74, 6) is -0.760. The number of amides is 1. The number of Topliss-reactive ketones (excluding diaryl/α,β-unsaturated/α-hetero) is 1. The second-order valence-electron chi connectivity index (χ2n) is 7.46. The minimum absolute atomic E-state index is 0.119. The second kappa shape index (κ2) is 8.43. The van der Waals surface area contributed by atoms with Gasteiger partial charge in [-0.3, -0.25) is 9.59 Å².